The lowest BCUT2D eigenvalue weighted by Crippen LogP contribution is -2.43. The number of nitrogens with zero attached hydrogens (tertiary/aromatic N) is 1. The zero-order chi connectivity index (χ0) is 17.4. The molecule has 0 radical (unpaired) electrons. The van der Waals surface area contributed by atoms with Crippen molar-refractivity contribution in [3.63, 3.8) is 0 Å². The number of benzene rings is 1. The second-order valence-electron chi connectivity index (χ2n) is 6.64. The van der Waals surface area contributed by atoms with Crippen molar-refractivity contribution in [3.8, 4) is 0 Å². The molecule has 0 bridgehead atoms. The summed E-state index contributed by atoms with van der Waals surface area (Å²) in [6, 6.07) is 8.24. The maximum absolute atomic E-state index is 13.0. The maximum atomic E-state index is 13.0. The van der Waals surface area contributed by atoms with Crippen molar-refractivity contribution >= 4 is 21.8 Å². The van der Waals surface area contributed by atoms with Crippen LogP contribution in [0.2, 0.25) is 0 Å². The van der Waals surface area contributed by atoms with Gasteiger partial charge < -0.3 is 15.0 Å². The van der Waals surface area contributed by atoms with Gasteiger partial charge >= 0.3 is 0 Å². The summed E-state index contributed by atoms with van der Waals surface area (Å²) >= 11 is 3.51. The molecule has 1 unspecified atom stereocenters. The number of rotatable bonds is 8. The van der Waals surface area contributed by atoms with Crippen LogP contribution < -0.4 is 5.32 Å². The molecule has 1 aliphatic rings. The first kappa shape index (κ1) is 19.4. The van der Waals surface area contributed by atoms with Crippen LogP contribution in [0.25, 0.3) is 0 Å². The van der Waals surface area contributed by atoms with E-state index in [4.69, 9.17) is 4.74 Å². The lowest BCUT2D eigenvalue weighted by Gasteiger charge is -2.34. The molecule has 0 aromatic heterocycles. The van der Waals surface area contributed by atoms with Crippen molar-refractivity contribution in [1.82, 2.24) is 10.2 Å². The Bertz CT molecular complexity index is 516. The van der Waals surface area contributed by atoms with Crippen molar-refractivity contribution < 1.29 is 9.53 Å². The van der Waals surface area contributed by atoms with Crippen molar-refractivity contribution in [2.45, 2.75) is 25.7 Å². The van der Waals surface area contributed by atoms with Gasteiger partial charge in [0, 0.05) is 37.2 Å². The van der Waals surface area contributed by atoms with Gasteiger partial charge in [0.1, 0.15) is 0 Å². The number of carbonyl (C=O) groups excluding carboxylic acids is 1. The largest absolute Gasteiger partial charge is 0.385 e. The topological polar surface area (TPSA) is 41.6 Å². The van der Waals surface area contributed by atoms with Crippen LogP contribution in [0.4, 0.5) is 0 Å². The summed E-state index contributed by atoms with van der Waals surface area (Å²) in [6.45, 7) is 3.44. The minimum absolute atomic E-state index is 0.0000927. The Hall–Kier alpha value is -0.910. The molecule has 1 amide bonds. The molecule has 1 aliphatic heterocycles. The van der Waals surface area contributed by atoms with Gasteiger partial charge in [-0.3, -0.25) is 4.79 Å². The number of carbonyl (C=O) groups is 1. The molecule has 1 fully saturated rings. The lowest BCUT2D eigenvalue weighted by molar-refractivity contribution is -0.137. The molecule has 1 aromatic rings. The van der Waals surface area contributed by atoms with Crippen molar-refractivity contribution in [1.29, 1.82) is 0 Å². The minimum Gasteiger partial charge on any atom is -0.385 e. The zero-order valence-corrected chi connectivity index (χ0v) is 16.3. The highest BCUT2D eigenvalue weighted by Crippen LogP contribution is 2.22. The van der Waals surface area contributed by atoms with Crippen molar-refractivity contribution in [2.24, 2.45) is 11.8 Å². The van der Waals surface area contributed by atoms with Gasteiger partial charge in [-0.1, -0.05) is 28.1 Å². The summed E-state index contributed by atoms with van der Waals surface area (Å²) in [5.74, 6) is 0.983. The molecule has 4 nitrogen and oxygen atoms in total. The third kappa shape index (κ3) is 5.87. The molecule has 5 heteroatoms. The highest BCUT2D eigenvalue weighted by atomic mass is 79.9. The SMILES string of the molecule is CNCC1CCN(C(=O)C(CCOC)Cc2cccc(Br)c2)CC1. The first-order valence-electron chi connectivity index (χ1n) is 8.80. The highest BCUT2D eigenvalue weighted by molar-refractivity contribution is 9.10. The molecule has 2 rings (SSSR count). The van der Waals surface area contributed by atoms with Crippen LogP contribution in [0.1, 0.15) is 24.8 Å². The Morgan fingerprint density at radius 3 is 2.79 bits per heavy atom. The van der Waals surface area contributed by atoms with Crippen LogP contribution in [0.3, 0.4) is 0 Å². The lowest BCUT2D eigenvalue weighted by atomic mass is 9.92. The predicted octanol–water partition coefficient (Wildman–Crippen LogP) is 3.10. The van der Waals surface area contributed by atoms with Crippen LogP contribution in [0, 0.1) is 11.8 Å². The average molecular weight is 397 g/mol. The van der Waals surface area contributed by atoms with E-state index in [2.05, 4.69) is 38.3 Å². The van der Waals surface area contributed by atoms with Gasteiger partial charge in [0.05, 0.1) is 0 Å². The third-order valence-electron chi connectivity index (χ3n) is 4.81. The van der Waals surface area contributed by atoms with Gasteiger partial charge in [0.25, 0.3) is 0 Å². The molecule has 1 atom stereocenters. The van der Waals surface area contributed by atoms with Gasteiger partial charge in [0.2, 0.25) is 5.91 Å². The van der Waals surface area contributed by atoms with E-state index in [1.807, 2.05) is 19.2 Å². The quantitative estimate of drug-likeness (QED) is 0.733. The Morgan fingerprint density at radius 2 is 2.17 bits per heavy atom. The molecular formula is C19H29BrN2O2. The van der Waals surface area contributed by atoms with E-state index < -0.39 is 0 Å². The molecule has 1 N–H and O–H groups in total. The predicted molar refractivity (Wildman–Crippen MR) is 101 cm³/mol. The molecule has 0 aliphatic carbocycles. The Labute approximate surface area is 154 Å². The monoisotopic (exact) mass is 396 g/mol. The molecule has 1 heterocycles. The summed E-state index contributed by atoms with van der Waals surface area (Å²) in [6.07, 6.45) is 3.75. The van der Waals surface area contributed by atoms with E-state index in [1.54, 1.807) is 7.11 Å². The van der Waals surface area contributed by atoms with Gasteiger partial charge in [-0.2, -0.15) is 0 Å². The fourth-order valence-corrected chi connectivity index (χ4v) is 3.87. The number of piperidine rings is 1. The number of halogens is 1. The Balaban J connectivity index is 1.97. The first-order valence-corrected chi connectivity index (χ1v) is 9.60. The fourth-order valence-electron chi connectivity index (χ4n) is 3.43. The molecule has 24 heavy (non-hydrogen) atoms. The van der Waals surface area contributed by atoms with Gasteiger partial charge in [-0.25, -0.2) is 0 Å². The van der Waals surface area contributed by atoms with Crippen LogP contribution in [0.15, 0.2) is 28.7 Å². The Kier molecular flexibility index (Phi) is 8.22. The second kappa shape index (κ2) is 10.2. The van der Waals surface area contributed by atoms with Gasteiger partial charge in [-0.15, -0.1) is 0 Å². The van der Waals surface area contributed by atoms with E-state index in [0.717, 1.165) is 49.8 Å². The maximum Gasteiger partial charge on any atom is 0.226 e. The summed E-state index contributed by atoms with van der Waals surface area (Å²) in [5, 5.41) is 3.25. The van der Waals surface area contributed by atoms with E-state index in [0.29, 0.717) is 12.5 Å². The first-order chi connectivity index (χ1) is 11.6. The van der Waals surface area contributed by atoms with Gasteiger partial charge in [-0.05, 0) is 62.9 Å². The Morgan fingerprint density at radius 1 is 1.42 bits per heavy atom. The zero-order valence-electron chi connectivity index (χ0n) is 14.8. The highest BCUT2D eigenvalue weighted by Gasteiger charge is 2.28. The number of likely N-dealkylation sites (tertiary alicyclic amines) is 1. The molecule has 0 spiro atoms. The van der Waals surface area contributed by atoms with Crippen LogP contribution in [-0.2, 0) is 16.0 Å². The number of hydrogen-bond donors (Lipinski definition) is 1. The molecule has 1 saturated heterocycles. The van der Waals surface area contributed by atoms with E-state index in [-0.39, 0.29) is 11.8 Å². The standard InChI is InChI=1S/C19H29BrN2O2/c1-21-14-15-6-9-22(10-7-15)19(23)17(8-11-24-2)12-16-4-3-5-18(20)13-16/h3-5,13,15,17,21H,6-12,14H2,1-2H3. The summed E-state index contributed by atoms with van der Waals surface area (Å²) in [4.78, 5) is 15.1. The van der Waals surface area contributed by atoms with Crippen molar-refractivity contribution in [2.75, 3.05) is 40.4 Å². The van der Waals surface area contributed by atoms with E-state index in [1.165, 1.54) is 5.56 Å². The minimum atomic E-state index is 0.0000927. The number of methoxy groups -OCH3 is 1. The van der Waals surface area contributed by atoms with E-state index >= 15 is 0 Å². The average Bonchev–Trinajstić information content (AvgIpc) is 2.59. The normalized spacial score (nSPS) is 17.0. The van der Waals surface area contributed by atoms with Crippen molar-refractivity contribution in [3.05, 3.63) is 34.3 Å². The molecule has 1 aromatic carbocycles. The molecular weight excluding hydrogens is 368 g/mol. The molecule has 0 saturated carbocycles. The summed E-state index contributed by atoms with van der Waals surface area (Å²) in [5.41, 5.74) is 1.20. The van der Waals surface area contributed by atoms with E-state index in [9.17, 15) is 4.79 Å². The number of nitrogens with one attached hydrogen (secondary N) is 1. The molecule has 134 valence electrons. The van der Waals surface area contributed by atoms with Crippen LogP contribution >= 0.6 is 15.9 Å². The van der Waals surface area contributed by atoms with Gasteiger partial charge in [0.15, 0.2) is 0 Å². The number of amides is 1. The number of ether oxygens (including phenoxy) is 1. The fraction of sp³-hybridized carbons (Fsp3) is 0.632. The summed E-state index contributed by atoms with van der Waals surface area (Å²) in [7, 11) is 3.69. The second-order valence-corrected chi connectivity index (χ2v) is 7.55. The summed E-state index contributed by atoms with van der Waals surface area (Å²) < 4.78 is 6.29. The van der Waals surface area contributed by atoms with Crippen LogP contribution in [0.5, 0.6) is 0 Å². The van der Waals surface area contributed by atoms with Crippen LogP contribution in [-0.4, -0.2) is 51.2 Å². The smallest absolute Gasteiger partial charge is 0.226 e. The third-order valence-corrected chi connectivity index (χ3v) is 5.30. The number of hydrogen-bond acceptors (Lipinski definition) is 3.